The number of hydroxylamine groups is 5. The van der Waals surface area contributed by atoms with Crippen molar-refractivity contribution in [3.8, 4) is 0 Å². The zero-order valence-corrected chi connectivity index (χ0v) is 11.4. The predicted octanol–water partition coefficient (Wildman–Crippen LogP) is 1.64. The highest BCUT2D eigenvalue weighted by Gasteiger charge is 2.52. The fourth-order valence-electron chi connectivity index (χ4n) is 2.68. The standard InChI is InChI=1S/C12H27N3O2/c1-4-7-11-10-12(11)15(3,17-14(2)16)9-6-5-8-13/h11-12H,4-10,13H2,1-3H3. The molecule has 0 aliphatic heterocycles. The summed E-state index contributed by atoms with van der Waals surface area (Å²) in [6.07, 6.45) is 5.63. The van der Waals surface area contributed by atoms with Gasteiger partial charge in [0, 0.05) is 25.8 Å². The molecule has 1 aliphatic rings. The molecular formula is C12H27N3O2. The Morgan fingerprint density at radius 3 is 2.71 bits per heavy atom. The van der Waals surface area contributed by atoms with E-state index in [1.807, 2.05) is 7.05 Å². The van der Waals surface area contributed by atoms with Crippen LogP contribution in [0.15, 0.2) is 0 Å². The number of unbranched alkanes of at least 4 members (excludes halogenated alkanes) is 1. The molecule has 3 atom stereocenters. The van der Waals surface area contributed by atoms with Gasteiger partial charge in [-0.25, -0.2) is 5.23 Å². The normalized spacial score (nSPS) is 27.2. The van der Waals surface area contributed by atoms with Gasteiger partial charge in [0.25, 0.3) is 0 Å². The SMILES string of the molecule is CCCC1CC1[N+](C)(CCCCN)ON(C)[O-]. The van der Waals surface area contributed by atoms with Crippen molar-refractivity contribution in [2.45, 2.75) is 45.1 Å². The minimum atomic E-state index is 0.421. The lowest BCUT2D eigenvalue weighted by Crippen LogP contribution is -2.50. The van der Waals surface area contributed by atoms with Gasteiger partial charge in [0.15, 0.2) is 0 Å². The molecule has 0 heterocycles. The van der Waals surface area contributed by atoms with Crippen molar-refractivity contribution in [3.05, 3.63) is 5.21 Å². The Labute approximate surface area is 105 Å². The third kappa shape index (κ3) is 4.52. The van der Waals surface area contributed by atoms with E-state index in [4.69, 9.17) is 10.7 Å². The number of quaternary nitrogens is 1. The molecule has 5 heteroatoms. The Morgan fingerprint density at radius 1 is 1.47 bits per heavy atom. The summed E-state index contributed by atoms with van der Waals surface area (Å²) in [5.41, 5.74) is 5.51. The van der Waals surface area contributed by atoms with Gasteiger partial charge in [-0.1, -0.05) is 13.3 Å². The molecule has 0 saturated heterocycles. The van der Waals surface area contributed by atoms with Crippen LogP contribution in [-0.4, -0.2) is 43.1 Å². The summed E-state index contributed by atoms with van der Waals surface area (Å²) in [6, 6.07) is 0.490. The minimum Gasteiger partial charge on any atom is -0.758 e. The Bertz CT molecular complexity index is 226. The van der Waals surface area contributed by atoms with Gasteiger partial charge in [-0.15, -0.1) is 4.94 Å². The van der Waals surface area contributed by atoms with Crippen molar-refractivity contribution in [3.63, 3.8) is 0 Å². The highest BCUT2D eigenvalue weighted by Crippen LogP contribution is 2.43. The van der Waals surface area contributed by atoms with E-state index in [9.17, 15) is 5.21 Å². The van der Waals surface area contributed by atoms with E-state index in [1.165, 1.54) is 26.3 Å². The summed E-state index contributed by atoms with van der Waals surface area (Å²) in [4.78, 5) is 5.46. The van der Waals surface area contributed by atoms with Gasteiger partial charge < -0.3 is 10.9 Å². The lowest BCUT2D eigenvalue weighted by atomic mass is 10.2. The fraction of sp³-hybridized carbons (Fsp3) is 1.00. The Hall–Kier alpha value is -0.200. The average Bonchev–Trinajstić information content (AvgIpc) is 2.98. The van der Waals surface area contributed by atoms with Gasteiger partial charge in [0.2, 0.25) is 0 Å². The third-order valence-corrected chi connectivity index (χ3v) is 3.60. The van der Waals surface area contributed by atoms with Gasteiger partial charge in [0.05, 0.1) is 0 Å². The van der Waals surface area contributed by atoms with Crippen molar-refractivity contribution in [1.29, 1.82) is 0 Å². The van der Waals surface area contributed by atoms with Gasteiger partial charge in [-0.3, -0.25) is 0 Å². The maximum absolute atomic E-state index is 11.1. The average molecular weight is 245 g/mol. The third-order valence-electron chi connectivity index (χ3n) is 3.60. The summed E-state index contributed by atoms with van der Waals surface area (Å²) in [5, 5.41) is 11.7. The molecule has 2 N–H and O–H groups in total. The number of rotatable bonds is 9. The quantitative estimate of drug-likeness (QED) is 0.381. The second-order valence-electron chi connectivity index (χ2n) is 5.27. The molecule has 0 aromatic heterocycles. The van der Waals surface area contributed by atoms with Crippen molar-refractivity contribution >= 4 is 0 Å². The first-order chi connectivity index (χ1) is 8.03. The Kier molecular flexibility index (Phi) is 5.82. The smallest absolute Gasteiger partial charge is 0.124 e. The molecule has 0 radical (unpaired) electrons. The second-order valence-corrected chi connectivity index (χ2v) is 5.27. The first-order valence-electron chi connectivity index (χ1n) is 6.69. The van der Waals surface area contributed by atoms with Crippen molar-refractivity contribution < 1.29 is 9.58 Å². The summed E-state index contributed by atoms with van der Waals surface area (Å²) in [7, 11) is 3.43. The molecule has 1 aliphatic carbocycles. The van der Waals surface area contributed by atoms with Crippen LogP contribution in [0.25, 0.3) is 0 Å². The first kappa shape index (κ1) is 14.9. The molecule has 17 heavy (non-hydrogen) atoms. The monoisotopic (exact) mass is 245 g/mol. The second kappa shape index (κ2) is 6.66. The van der Waals surface area contributed by atoms with E-state index < -0.39 is 0 Å². The summed E-state index contributed by atoms with van der Waals surface area (Å²) < 4.78 is 0.421. The van der Waals surface area contributed by atoms with Gasteiger partial charge in [-0.05, 0) is 19.4 Å². The van der Waals surface area contributed by atoms with E-state index in [0.717, 1.165) is 25.3 Å². The maximum Gasteiger partial charge on any atom is 0.124 e. The predicted molar refractivity (Wildman–Crippen MR) is 68.4 cm³/mol. The van der Waals surface area contributed by atoms with Crippen molar-refractivity contribution in [2.24, 2.45) is 11.7 Å². The molecule has 0 amide bonds. The van der Waals surface area contributed by atoms with Crippen LogP contribution in [0.3, 0.4) is 0 Å². The molecule has 3 unspecified atom stereocenters. The van der Waals surface area contributed by atoms with E-state index in [2.05, 4.69) is 6.92 Å². The first-order valence-corrected chi connectivity index (χ1v) is 6.69. The summed E-state index contributed by atoms with van der Waals surface area (Å²) in [6.45, 7) is 3.78. The molecule has 1 rings (SSSR count). The molecule has 0 bridgehead atoms. The maximum atomic E-state index is 11.1. The van der Waals surface area contributed by atoms with Crippen molar-refractivity contribution in [1.82, 2.24) is 5.23 Å². The number of nitrogens with zero attached hydrogens (tertiary/aromatic N) is 2. The molecule has 0 spiro atoms. The Morgan fingerprint density at radius 2 is 2.18 bits per heavy atom. The highest BCUT2D eigenvalue weighted by molar-refractivity contribution is 4.86. The van der Waals surface area contributed by atoms with Gasteiger partial charge in [-0.2, -0.15) is 4.65 Å². The number of hydrogen-bond donors (Lipinski definition) is 1. The molecule has 0 aromatic rings. The van der Waals surface area contributed by atoms with Crippen LogP contribution >= 0.6 is 0 Å². The van der Waals surface area contributed by atoms with Crippen molar-refractivity contribution in [2.75, 3.05) is 27.2 Å². The molecule has 0 aromatic carbocycles. The van der Waals surface area contributed by atoms with Crippen LogP contribution in [0.1, 0.15) is 39.0 Å². The van der Waals surface area contributed by atoms with Crippen LogP contribution < -0.4 is 5.73 Å². The zero-order valence-electron chi connectivity index (χ0n) is 11.4. The number of hydrogen-bond acceptors (Lipinski definition) is 4. The topological polar surface area (TPSA) is 61.5 Å². The summed E-state index contributed by atoms with van der Waals surface area (Å²) >= 11 is 0. The van der Waals surface area contributed by atoms with Crippen LogP contribution in [0.4, 0.5) is 0 Å². The zero-order chi connectivity index (χ0) is 12.9. The van der Waals surface area contributed by atoms with Gasteiger partial charge >= 0.3 is 0 Å². The molecule has 1 saturated carbocycles. The molecule has 1 fully saturated rings. The van der Waals surface area contributed by atoms with Crippen LogP contribution in [0, 0.1) is 11.1 Å². The van der Waals surface area contributed by atoms with Gasteiger partial charge in [0.1, 0.15) is 19.6 Å². The highest BCUT2D eigenvalue weighted by atomic mass is 17.0. The number of nitrogens with two attached hydrogens (primary N) is 1. The van der Waals surface area contributed by atoms with E-state index >= 15 is 0 Å². The van der Waals surface area contributed by atoms with E-state index in [1.54, 1.807) is 0 Å². The Balaban J connectivity index is 2.47. The molecular weight excluding hydrogens is 218 g/mol. The lowest BCUT2D eigenvalue weighted by Gasteiger charge is -2.37. The fourth-order valence-corrected chi connectivity index (χ4v) is 2.68. The van der Waals surface area contributed by atoms with E-state index in [0.29, 0.717) is 22.5 Å². The summed E-state index contributed by atoms with van der Waals surface area (Å²) in [5.74, 6) is 0.725. The largest absolute Gasteiger partial charge is 0.758 e. The lowest BCUT2D eigenvalue weighted by molar-refractivity contribution is -1.12. The molecule has 102 valence electrons. The van der Waals surface area contributed by atoms with Crippen LogP contribution in [0.5, 0.6) is 0 Å². The van der Waals surface area contributed by atoms with Crippen LogP contribution in [0.2, 0.25) is 0 Å². The molecule has 5 nitrogen and oxygen atoms in total. The van der Waals surface area contributed by atoms with Crippen LogP contribution in [-0.2, 0) is 4.94 Å². The minimum absolute atomic E-state index is 0.421. The van der Waals surface area contributed by atoms with E-state index in [-0.39, 0.29) is 0 Å².